The van der Waals surface area contributed by atoms with E-state index in [1.54, 1.807) is 0 Å². The molecular weight excluding hydrogens is 182 g/mol. The van der Waals surface area contributed by atoms with Crippen molar-refractivity contribution >= 4 is 17.3 Å². The van der Waals surface area contributed by atoms with Gasteiger partial charge in [0.1, 0.15) is 0 Å². The number of allylic oxidation sites excluding steroid dienone is 2. The number of nitrogen functional groups attached to an aromatic ring is 1. The van der Waals surface area contributed by atoms with Gasteiger partial charge in [-0.15, -0.1) is 0 Å². The molecule has 0 aliphatic carbocycles. The standard InChI is InChI=1S/C11H14ClN/c1-3-4-8(2)10-7-9(12)5-6-11(10)13/h3-8H,13H2,1-2H3/b4-3+. The van der Waals surface area contributed by atoms with Crippen molar-refractivity contribution < 1.29 is 0 Å². The zero-order valence-electron chi connectivity index (χ0n) is 7.92. The monoisotopic (exact) mass is 195 g/mol. The van der Waals surface area contributed by atoms with Gasteiger partial charge in [0.15, 0.2) is 0 Å². The highest BCUT2D eigenvalue weighted by molar-refractivity contribution is 6.30. The van der Waals surface area contributed by atoms with Crippen molar-refractivity contribution in [1.82, 2.24) is 0 Å². The number of hydrogen-bond donors (Lipinski definition) is 1. The number of nitrogens with two attached hydrogens (primary N) is 1. The van der Waals surface area contributed by atoms with Gasteiger partial charge in [0.05, 0.1) is 0 Å². The lowest BCUT2D eigenvalue weighted by Gasteiger charge is -2.10. The molecule has 0 amide bonds. The Morgan fingerprint density at radius 1 is 1.46 bits per heavy atom. The largest absolute Gasteiger partial charge is 0.398 e. The number of halogens is 1. The minimum absolute atomic E-state index is 0.323. The maximum Gasteiger partial charge on any atom is 0.0410 e. The van der Waals surface area contributed by atoms with E-state index >= 15 is 0 Å². The van der Waals surface area contributed by atoms with Crippen LogP contribution in [0.3, 0.4) is 0 Å². The molecule has 1 atom stereocenters. The fourth-order valence-electron chi connectivity index (χ4n) is 1.33. The Labute approximate surface area is 84.2 Å². The Kier molecular flexibility index (Phi) is 3.38. The molecule has 0 saturated heterocycles. The van der Waals surface area contributed by atoms with E-state index in [4.69, 9.17) is 17.3 Å². The molecule has 0 fully saturated rings. The van der Waals surface area contributed by atoms with Crippen LogP contribution in [-0.2, 0) is 0 Å². The molecule has 0 radical (unpaired) electrons. The summed E-state index contributed by atoms with van der Waals surface area (Å²) in [6.07, 6.45) is 4.12. The van der Waals surface area contributed by atoms with E-state index in [0.29, 0.717) is 5.92 Å². The molecule has 0 aromatic heterocycles. The van der Waals surface area contributed by atoms with Gasteiger partial charge in [-0.1, -0.05) is 30.7 Å². The van der Waals surface area contributed by atoms with Gasteiger partial charge in [-0.05, 0) is 30.7 Å². The molecule has 13 heavy (non-hydrogen) atoms. The van der Waals surface area contributed by atoms with Crippen LogP contribution in [0.4, 0.5) is 5.69 Å². The van der Waals surface area contributed by atoms with Crippen LogP contribution in [0.2, 0.25) is 5.02 Å². The number of anilines is 1. The van der Waals surface area contributed by atoms with Crippen molar-refractivity contribution in [2.45, 2.75) is 19.8 Å². The molecule has 0 heterocycles. The first-order valence-corrected chi connectivity index (χ1v) is 4.70. The molecule has 0 spiro atoms. The fourth-order valence-corrected chi connectivity index (χ4v) is 1.51. The van der Waals surface area contributed by atoms with Crippen molar-refractivity contribution in [2.24, 2.45) is 0 Å². The topological polar surface area (TPSA) is 26.0 Å². The van der Waals surface area contributed by atoms with Crippen molar-refractivity contribution in [1.29, 1.82) is 0 Å². The summed E-state index contributed by atoms with van der Waals surface area (Å²) >= 11 is 5.88. The second kappa shape index (κ2) is 4.33. The highest BCUT2D eigenvalue weighted by Crippen LogP contribution is 2.26. The van der Waals surface area contributed by atoms with E-state index in [1.165, 1.54) is 0 Å². The SMILES string of the molecule is C/C=C/C(C)c1cc(Cl)ccc1N. The summed E-state index contributed by atoms with van der Waals surface area (Å²) in [5.41, 5.74) is 7.72. The van der Waals surface area contributed by atoms with E-state index < -0.39 is 0 Å². The first-order chi connectivity index (χ1) is 6.15. The Balaban J connectivity index is 3.05. The van der Waals surface area contributed by atoms with Crippen LogP contribution in [0.25, 0.3) is 0 Å². The molecule has 0 bridgehead atoms. The predicted octanol–water partition coefficient (Wildman–Crippen LogP) is 3.60. The fraction of sp³-hybridized carbons (Fsp3) is 0.273. The normalized spacial score (nSPS) is 13.5. The maximum atomic E-state index is 5.88. The number of hydrogen-bond acceptors (Lipinski definition) is 1. The molecule has 2 heteroatoms. The summed E-state index contributed by atoms with van der Waals surface area (Å²) < 4.78 is 0. The van der Waals surface area contributed by atoms with Crippen LogP contribution in [0.1, 0.15) is 25.3 Å². The van der Waals surface area contributed by atoms with E-state index in [2.05, 4.69) is 13.0 Å². The van der Waals surface area contributed by atoms with Gasteiger partial charge in [0.2, 0.25) is 0 Å². The summed E-state index contributed by atoms with van der Waals surface area (Å²) in [5.74, 6) is 0.323. The summed E-state index contributed by atoms with van der Waals surface area (Å²) in [6, 6.07) is 5.57. The predicted molar refractivity (Wildman–Crippen MR) is 59.1 cm³/mol. The van der Waals surface area contributed by atoms with E-state index in [9.17, 15) is 0 Å². The van der Waals surface area contributed by atoms with Gasteiger partial charge >= 0.3 is 0 Å². The molecule has 70 valence electrons. The van der Waals surface area contributed by atoms with Crippen molar-refractivity contribution in [2.75, 3.05) is 5.73 Å². The van der Waals surface area contributed by atoms with Crippen LogP contribution >= 0.6 is 11.6 Å². The highest BCUT2D eigenvalue weighted by atomic mass is 35.5. The Morgan fingerprint density at radius 2 is 2.15 bits per heavy atom. The van der Waals surface area contributed by atoms with Crippen LogP contribution < -0.4 is 5.73 Å². The lowest BCUT2D eigenvalue weighted by molar-refractivity contribution is 0.969. The third-order valence-corrected chi connectivity index (χ3v) is 2.26. The second-order valence-electron chi connectivity index (χ2n) is 3.09. The van der Waals surface area contributed by atoms with E-state index in [1.807, 2.05) is 31.2 Å². The number of benzene rings is 1. The van der Waals surface area contributed by atoms with Gasteiger partial charge in [0.25, 0.3) is 0 Å². The Morgan fingerprint density at radius 3 is 2.77 bits per heavy atom. The van der Waals surface area contributed by atoms with E-state index in [0.717, 1.165) is 16.3 Å². The van der Waals surface area contributed by atoms with Gasteiger partial charge in [-0.3, -0.25) is 0 Å². The van der Waals surface area contributed by atoms with Crippen LogP contribution in [-0.4, -0.2) is 0 Å². The molecule has 1 rings (SSSR count). The molecule has 2 N–H and O–H groups in total. The first-order valence-electron chi connectivity index (χ1n) is 4.33. The average molecular weight is 196 g/mol. The molecule has 0 aliphatic heterocycles. The van der Waals surface area contributed by atoms with Crippen molar-refractivity contribution in [3.63, 3.8) is 0 Å². The summed E-state index contributed by atoms with van der Waals surface area (Å²) in [5, 5.41) is 0.737. The Hall–Kier alpha value is -0.950. The highest BCUT2D eigenvalue weighted by Gasteiger charge is 2.05. The van der Waals surface area contributed by atoms with Crippen molar-refractivity contribution in [3.05, 3.63) is 40.9 Å². The summed E-state index contributed by atoms with van der Waals surface area (Å²) in [4.78, 5) is 0. The lowest BCUT2D eigenvalue weighted by atomic mass is 9.99. The zero-order valence-corrected chi connectivity index (χ0v) is 8.68. The summed E-state index contributed by atoms with van der Waals surface area (Å²) in [6.45, 7) is 4.10. The van der Waals surface area contributed by atoms with Crippen molar-refractivity contribution in [3.8, 4) is 0 Å². The molecule has 1 unspecified atom stereocenters. The minimum Gasteiger partial charge on any atom is -0.398 e. The zero-order chi connectivity index (χ0) is 9.84. The molecule has 0 saturated carbocycles. The lowest BCUT2D eigenvalue weighted by Crippen LogP contribution is -1.96. The Bertz CT molecular complexity index is 318. The smallest absolute Gasteiger partial charge is 0.0410 e. The van der Waals surface area contributed by atoms with Crippen LogP contribution in [0, 0.1) is 0 Å². The molecule has 1 nitrogen and oxygen atoms in total. The van der Waals surface area contributed by atoms with Gasteiger partial charge in [0, 0.05) is 16.6 Å². The molecule has 1 aromatic rings. The van der Waals surface area contributed by atoms with Crippen LogP contribution in [0.15, 0.2) is 30.4 Å². The maximum absolute atomic E-state index is 5.88. The number of rotatable bonds is 2. The quantitative estimate of drug-likeness (QED) is 0.567. The second-order valence-corrected chi connectivity index (χ2v) is 3.52. The van der Waals surface area contributed by atoms with Gasteiger partial charge in [-0.2, -0.15) is 0 Å². The summed E-state index contributed by atoms with van der Waals surface area (Å²) in [7, 11) is 0. The van der Waals surface area contributed by atoms with Gasteiger partial charge < -0.3 is 5.73 Å². The minimum atomic E-state index is 0.323. The van der Waals surface area contributed by atoms with E-state index in [-0.39, 0.29) is 0 Å². The molecule has 0 aliphatic rings. The molecular formula is C11H14ClN. The van der Waals surface area contributed by atoms with Gasteiger partial charge in [-0.25, -0.2) is 0 Å². The average Bonchev–Trinajstić information content (AvgIpc) is 2.09. The third-order valence-electron chi connectivity index (χ3n) is 2.02. The molecule has 1 aromatic carbocycles. The first kappa shape index (κ1) is 10.1. The third kappa shape index (κ3) is 2.49. The van der Waals surface area contributed by atoms with Crippen LogP contribution in [0.5, 0.6) is 0 Å².